The zero-order valence-corrected chi connectivity index (χ0v) is 13.2. The van der Waals surface area contributed by atoms with E-state index in [4.69, 9.17) is 9.26 Å². The summed E-state index contributed by atoms with van der Waals surface area (Å²) in [4.78, 5) is 4.19. The van der Waals surface area contributed by atoms with Crippen LogP contribution in [-0.4, -0.2) is 25.3 Å². The molecule has 0 radical (unpaired) electrons. The molecule has 0 saturated carbocycles. The fourth-order valence-corrected chi connectivity index (χ4v) is 2.03. The first-order chi connectivity index (χ1) is 10.8. The average Bonchev–Trinajstić information content (AvgIpc) is 3.03. The van der Waals surface area contributed by atoms with Crippen LogP contribution in [0.3, 0.4) is 0 Å². The Morgan fingerprint density at radius 2 is 2.05 bits per heavy atom. The molecule has 0 aliphatic rings. The van der Waals surface area contributed by atoms with Gasteiger partial charge in [-0.25, -0.2) is 0 Å². The van der Waals surface area contributed by atoms with Crippen molar-refractivity contribution in [3.05, 3.63) is 47.3 Å². The van der Waals surface area contributed by atoms with Gasteiger partial charge in [0.2, 0.25) is 0 Å². The Morgan fingerprint density at radius 1 is 1.27 bits per heavy atom. The lowest BCUT2D eigenvalue weighted by Crippen LogP contribution is -2.36. The fraction of sp³-hybridized carbons (Fsp3) is 0.375. The van der Waals surface area contributed by atoms with Crippen molar-refractivity contribution in [3.8, 4) is 5.75 Å². The molecule has 2 N–H and O–H groups in total. The number of hydrogen-bond donors (Lipinski definition) is 2. The number of aryl methyl sites for hydroxylation is 1. The van der Waals surface area contributed by atoms with Crippen molar-refractivity contribution in [2.24, 2.45) is 4.99 Å². The van der Waals surface area contributed by atoms with Gasteiger partial charge in [0.05, 0.1) is 19.3 Å². The van der Waals surface area contributed by atoms with Crippen LogP contribution in [-0.2, 0) is 19.5 Å². The third-order valence-corrected chi connectivity index (χ3v) is 3.26. The second kappa shape index (κ2) is 8.07. The van der Waals surface area contributed by atoms with Gasteiger partial charge in [0.1, 0.15) is 5.75 Å². The van der Waals surface area contributed by atoms with Gasteiger partial charge in [-0.05, 0) is 12.5 Å². The molecule has 1 aromatic carbocycles. The third kappa shape index (κ3) is 4.25. The summed E-state index contributed by atoms with van der Waals surface area (Å²) in [5.41, 5.74) is 2.02. The summed E-state index contributed by atoms with van der Waals surface area (Å²) in [5.74, 6) is 2.34. The molecule has 1 heterocycles. The minimum atomic E-state index is 0.540. The molecular weight excluding hydrogens is 280 g/mol. The molecule has 6 heteroatoms. The maximum atomic E-state index is 5.33. The Balaban J connectivity index is 1.87. The highest BCUT2D eigenvalue weighted by molar-refractivity contribution is 5.79. The van der Waals surface area contributed by atoms with Gasteiger partial charge in [-0.1, -0.05) is 30.3 Å². The molecule has 0 atom stereocenters. The van der Waals surface area contributed by atoms with E-state index in [1.165, 1.54) is 0 Å². The summed E-state index contributed by atoms with van der Waals surface area (Å²) in [7, 11) is 3.40. The summed E-state index contributed by atoms with van der Waals surface area (Å²) in [6.07, 6.45) is 0.865. The van der Waals surface area contributed by atoms with E-state index in [9.17, 15) is 0 Å². The molecule has 2 aromatic rings. The first kappa shape index (κ1) is 15.9. The van der Waals surface area contributed by atoms with Gasteiger partial charge < -0.3 is 19.9 Å². The molecule has 1 aromatic heterocycles. The van der Waals surface area contributed by atoms with E-state index in [0.29, 0.717) is 19.0 Å². The van der Waals surface area contributed by atoms with E-state index in [0.717, 1.165) is 29.2 Å². The standard InChI is InChI=1S/C16H22N4O2/c1-4-13-9-14(22-20-13)11-19-16(17-2)18-10-12-7-5-6-8-15(12)21-3/h5-9H,4,10-11H2,1-3H3,(H2,17,18,19). The Morgan fingerprint density at radius 3 is 2.73 bits per heavy atom. The van der Waals surface area contributed by atoms with Crippen molar-refractivity contribution in [1.82, 2.24) is 15.8 Å². The van der Waals surface area contributed by atoms with E-state index in [1.54, 1.807) is 14.2 Å². The van der Waals surface area contributed by atoms with Gasteiger partial charge in [-0.3, -0.25) is 4.99 Å². The number of ether oxygens (including phenoxy) is 1. The number of aromatic nitrogens is 1. The van der Waals surface area contributed by atoms with Crippen molar-refractivity contribution in [3.63, 3.8) is 0 Å². The summed E-state index contributed by atoms with van der Waals surface area (Å²) < 4.78 is 10.6. The number of hydrogen-bond acceptors (Lipinski definition) is 4. The van der Waals surface area contributed by atoms with E-state index in [2.05, 4.69) is 20.8 Å². The summed E-state index contributed by atoms with van der Waals surface area (Å²) in [5, 5.41) is 10.4. The topological polar surface area (TPSA) is 71.7 Å². The predicted octanol–water partition coefficient (Wildman–Crippen LogP) is 2.11. The van der Waals surface area contributed by atoms with E-state index >= 15 is 0 Å². The number of aliphatic imine (C=N–C) groups is 1. The van der Waals surface area contributed by atoms with Crippen molar-refractivity contribution in [2.75, 3.05) is 14.2 Å². The maximum Gasteiger partial charge on any atom is 0.191 e. The molecular formula is C16H22N4O2. The van der Waals surface area contributed by atoms with Gasteiger partial charge >= 0.3 is 0 Å². The summed E-state index contributed by atoms with van der Waals surface area (Å²) in [6, 6.07) is 9.83. The van der Waals surface area contributed by atoms with Crippen LogP contribution in [0.15, 0.2) is 39.8 Å². The van der Waals surface area contributed by atoms with Crippen LogP contribution >= 0.6 is 0 Å². The second-order valence-corrected chi connectivity index (χ2v) is 4.73. The van der Waals surface area contributed by atoms with Crippen molar-refractivity contribution in [1.29, 1.82) is 0 Å². The van der Waals surface area contributed by atoms with Crippen LogP contribution < -0.4 is 15.4 Å². The molecule has 0 amide bonds. The predicted molar refractivity (Wildman–Crippen MR) is 85.9 cm³/mol. The number of benzene rings is 1. The Kier molecular flexibility index (Phi) is 5.82. The smallest absolute Gasteiger partial charge is 0.191 e. The Labute approximate surface area is 130 Å². The van der Waals surface area contributed by atoms with Gasteiger partial charge in [-0.15, -0.1) is 0 Å². The first-order valence-corrected chi connectivity index (χ1v) is 7.27. The van der Waals surface area contributed by atoms with Crippen molar-refractivity contribution < 1.29 is 9.26 Å². The highest BCUT2D eigenvalue weighted by Crippen LogP contribution is 2.16. The lowest BCUT2D eigenvalue weighted by Gasteiger charge is -2.12. The lowest BCUT2D eigenvalue weighted by molar-refractivity contribution is 0.374. The summed E-state index contributed by atoms with van der Waals surface area (Å²) >= 11 is 0. The number of rotatable bonds is 6. The largest absolute Gasteiger partial charge is 0.496 e. The normalized spacial score (nSPS) is 11.3. The number of para-hydroxylation sites is 1. The Hall–Kier alpha value is -2.50. The van der Waals surface area contributed by atoms with Crippen LogP contribution in [0.2, 0.25) is 0 Å². The zero-order valence-electron chi connectivity index (χ0n) is 13.2. The minimum absolute atomic E-state index is 0.540. The molecule has 0 unspecified atom stereocenters. The molecule has 0 aliphatic heterocycles. The monoisotopic (exact) mass is 302 g/mol. The number of nitrogens with zero attached hydrogens (tertiary/aromatic N) is 2. The quantitative estimate of drug-likeness (QED) is 0.631. The van der Waals surface area contributed by atoms with E-state index in [1.807, 2.05) is 37.3 Å². The molecule has 22 heavy (non-hydrogen) atoms. The number of nitrogens with one attached hydrogen (secondary N) is 2. The van der Waals surface area contributed by atoms with E-state index < -0.39 is 0 Å². The molecule has 0 aliphatic carbocycles. The maximum absolute atomic E-state index is 5.33. The molecule has 6 nitrogen and oxygen atoms in total. The van der Waals surface area contributed by atoms with Crippen LogP contribution in [0.25, 0.3) is 0 Å². The van der Waals surface area contributed by atoms with E-state index in [-0.39, 0.29) is 0 Å². The molecule has 0 fully saturated rings. The first-order valence-electron chi connectivity index (χ1n) is 7.27. The number of methoxy groups -OCH3 is 1. The van der Waals surface area contributed by atoms with Crippen LogP contribution in [0.5, 0.6) is 5.75 Å². The van der Waals surface area contributed by atoms with Crippen molar-refractivity contribution in [2.45, 2.75) is 26.4 Å². The summed E-state index contributed by atoms with van der Waals surface area (Å²) in [6.45, 7) is 3.21. The second-order valence-electron chi connectivity index (χ2n) is 4.73. The highest BCUT2D eigenvalue weighted by Gasteiger charge is 2.06. The molecule has 118 valence electrons. The van der Waals surface area contributed by atoms with Gasteiger partial charge in [0, 0.05) is 25.2 Å². The van der Waals surface area contributed by atoms with Crippen molar-refractivity contribution >= 4 is 5.96 Å². The van der Waals surface area contributed by atoms with Gasteiger partial charge in [0.25, 0.3) is 0 Å². The van der Waals surface area contributed by atoms with Gasteiger partial charge in [-0.2, -0.15) is 0 Å². The average molecular weight is 302 g/mol. The van der Waals surface area contributed by atoms with Crippen LogP contribution in [0, 0.1) is 0 Å². The lowest BCUT2D eigenvalue weighted by atomic mass is 10.2. The Bertz CT molecular complexity index is 622. The van der Waals surface area contributed by atoms with Crippen LogP contribution in [0.4, 0.5) is 0 Å². The molecule has 0 spiro atoms. The molecule has 2 rings (SSSR count). The third-order valence-electron chi connectivity index (χ3n) is 3.26. The molecule has 0 saturated heterocycles. The van der Waals surface area contributed by atoms with Gasteiger partial charge in [0.15, 0.2) is 11.7 Å². The highest BCUT2D eigenvalue weighted by atomic mass is 16.5. The number of guanidine groups is 1. The minimum Gasteiger partial charge on any atom is -0.496 e. The zero-order chi connectivity index (χ0) is 15.8. The molecule has 0 bridgehead atoms. The van der Waals surface area contributed by atoms with Crippen LogP contribution in [0.1, 0.15) is 23.9 Å². The SMILES string of the molecule is CCc1cc(CNC(=NC)NCc2ccccc2OC)on1. The fourth-order valence-electron chi connectivity index (χ4n) is 2.03.